The fourth-order valence-electron chi connectivity index (χ4n) is 3.66. The van der Waals surface area contributed by atoms with E-state index in [1.165, 1.54) is 6.39 Å². The van der Waals surface area contributed by atoms with Crippen molar-refractivity contribution < 1.29 is 4.42 Å². The zero-order valence-corrected chi connectivity index (χ0v) is 17.4. The molecule has 0 aliphatic rings. The standard InChI is InChI=1S/C23H18N8O/c1-13-22(32-12-27-13)18-19(16-8-4-3-7-15(16)11-24)28-23(25)21-20(18)29-31(30-21)14(2)17-9-5-6-10-26-17/h3-10,12,14H,1-2H3,(H2,25,28). The van der Waals surface area contributed by atoms with Crippen LogP contribution in [0.1, 0.15) is 29.9 Å². The Morgan fingerprint density at radius 2 is 1.84 bits per heavy atom. The van der Waals surface area contributed by atoms with Crippen molar-refractivity contribution in [1.29, 1.82) is 5.26 Å². The number of rotatable bonds is 4. The van der Waals surface area contributed by atoms with Crippen molar-refractivity contribution in [2.24, 2.45) is 0 Å². The molecule has 4 aromatic heterocycles. The van der Waals surface area contributed by atoms with Gasteiger partial charge in [-0.05, 0) is 32.0 Å². The number of nitrogens with two attached hydrogens (primary N) is 1. The first-order valence-corrected chi connectivity index (χ1v) is 9.95. The lowest BCUT2D eigenvalue weighted by Gasteiger charge is -2.10. The van der Waals surface area contributed by atoms with Gasteiger partial charge in [-0.15, -0.1) is 5.10 Å². The van der Waals surface area contributed by atoms with Crippen LogP contribution in [-0.4, -0.2) is 29.9 Å². The molecule has 0 fully saturated rings. The minimum Gasteiger partial charge on any atom is -0.443 e. The number of anilines is 1. The van der Waals surface area contributed by atoms with Crippen LogP contribution < -0.4 is 5.73 Å². The fourth-order valence-corrected chi connectivity index (χ4v) is 3.66. The SMILES string of the molecule is Cc1ncoc1-c1c(-c2ccccc2C#N)nc(N)c2nn(C(C)c3ccccn3)nc12. The van der Waals surface area contributed by atoms with Crippen LogP contribution in [0.15, 0.2) is 59.5 Å². The molecule has 9 nitrogen and oxygen atoms in total. The third-order valence-corrected chi connectivity index (χ3v) is 5.32. The van der Waals surface area contributed by atoms with Crippen LogP contribution in [0.3, 0.4) is 0 Å². The number of nitrogens with zero attached hydrogens (tertiary/aromatic N) is 7. The van der Waals surface area contributed by atoms with Crippen LogP contribution in [0.25, 0.3) is 33.6 Å². The van der Waals surface area contributed by atoms with Crippen LogP contribution in [0.4, 0.5) is 5.82 Å². The number of fused-ring (bicyclic) bond motifs is 1. The highest BCUT2D eigenvalue weighted by Gasteiger charge is 2.26. The molecule has 2 N–H and O–H groups in total. The molecule has 32 heavy (non-hydrogen) atoms. The van der Waals surface area contributed by atoms with Gasteiger partial charge < -0.3 is 10.2 Å². The number of oxazole rings is 1. The van der Waals surface area contributed by atoms with E-state index in [2.05, 4.69) is 26.1 Å². The molecule has 0 bridgehead atoms. The molecule has 1 atom stereocenters. The molecule has 5 rings (SSSR count). The number of nitriles is 1. The van der Waals surface area contributed by atoms with Crippen LogP contribution in [0.5, 0.6) is 0 Å². The summed E-state index contributed by atoms with van der Waals surface area (Å²) in [4.78, 5) is 14.8. The average molecular weight is 422 g/mol. The van der Waals surface area contributed by atoms with Gasteiger partial charge in [0.05, 0.1) is 34.3 Å². The Balaban J connectivity index is 1.82. The molecule has 156 valence electrons. The summed E-state index contributed by atoms with van der Waals surface area (Å²) in [6, 6.07) is 14.9. The van der Waals surface area contributed by atoms with Crippen LogP contribution in [0, 0.1) is 18.3 Å². The van der Waals surface area contributed by atoms with Crippen molar-refractivity contribution in [1.82, 2.24) is 29.9 Å². The van der Waals surface area contributed by atoms with Crippen molar-refractivity contribution in [2.45, 2.75) is 19.9 Å². The van der Waals surface area contributed by atoms with Gasteiger partial charge in [0, 0.05) is 11.8 Å². The highest BCUT2D eigenvalue weighted by molar-refractivity contribution is 6.02. The topological polar surface area (TPSA) is 132 Å². The first-order valence-electron chi connectivity index (χ1n) is 9.95. The molecule has 0 aliphatic heterocycles. The van der Waals surface area contributed by atoms with E-state index < -0.39 is 0 Å². The van der Waals surface area contributed by atoms with Crippen LogP contribution in [0.2, 0.25) is 0 Å². The second-order valence-electron chi connectivity index (χ2n) is 7.29. The zero-order valence-electron chi connectivity index (χ0n) is 17.4. The normalized spacial score (nSPS) is 12.0. The molecule has 4 heterocycles. The average Bonchev–Trinajstić information content (AvgIpc) is 3.46. The van der Waals surface area contributed by atoms with E-state index in [-0.39, 0.29) is 11.9 Å². The monoisotopic (exact) mass is 422 g/mol. The van der Waals surface area contributed by atoms with E-state index in [0.717, 1.165) is 5.69 Å². The summed E-state index contributed by atoms with van der Waals surface area (Å²) in [5.74, 6) is 0.714. The first kappa shape index (κ1) is 19.4. The van der Waals surface area contributed by atoms with Gasteiger partial charge in [-0.2, -0.15) is 15.2 Å². The molecule has 0 aliphatic carbocycles. The minimum absolute atomic E-state index is 0.211. The molecule has 1 aromatic carbocycles. The summed E-state index contributed by atoms with van der Waals surface area (Å²) in [5.41, 5.74) is 10.9. The van der Waals surface area contributed by atoms with Gasteiger partial charge in [0.25, 0.3) is 0 Å². The maximum Gasteiger partial charge on any atom is 0.181 e. The van der Waals surface area contributed by atoms with E-state index in [1.807, 2.05) is 44.2 Å². The summed E-state index contributed by atoms with van der Waals surface area (Å²) in [5, 5.41) is 19.0. The molecule has 1 unspecified atom stereocenters. The number of hydrogen-bond donors (Lipinski definition) is 1. The molecule has 0 saturated heterocycles. The lowest BCUT2D eigenvalue weighted by atomic mass is 9.98. The molecule has 0 radical (unpaired) electrons. The van der Waals surface area contributed by atoms with E-state index in [1.54, 1.807) is 23.1 Å². The second-order valence-corrected chi connectivity index (χ2v) is 7.29. The Hall–Kier alpha value is -4.58. The molecule has 0 amide bonds. The van der Waals surface area contributed by atoms with Crippen LogP contribution in [-0.2, 0) is 0 Å². The Morgan fingerprint density at radius 3 is 2.56 bits per heavy atom. The van der Waals surface area contributed by atoms with Crippen molar-refractivity contribution in [3.05, 3.63) is 72.0 Å². The summed E-state index contributed by atoms with van der Waals surface area (Å²) >= 11 is 0. The van der Waals surface area contributed by atoms with E-state index in [9.17, 15) is 5.26 Å². The Labute approximate surface area is 183 Å². The third kappa shape index (κ3) is 3.06. The minimum atomic E-state index is -0.235. The lowest BCUT2D eigenvalue weighted by molar-refractivity contribution is 0.490. The molecule has 5 aromatic rings. The van der Waals surface area contributed by atoms with E-state index >= 15 is 0 Å². The number of pyridine rings is 2. The summed E-state index contributed by atoms with van der Waals surface area (Å²) in [6.45, 7) is 3.79. The molecular weight excluding hydrogens is 404 g/mol. The number of nitrogen functional groups attached to an aromatic ring is 1. The Kier molecular flexibility index (Phi) is 4.60. The number of aromatic nitrogens is 6. The van der Waals surface area contributed by atoms with Gasteiger partial charge in [-0.25, -0.2) is 9.97 Å². The predicted octanol–water partition coefficient (Wildman–Crippen LogP) is 3.91. The van der Waals surface area contributed by atoms with Gasteiger partial charge in [0.2, 0.25) is 0 Å². The summed E-state index contributed by atoms with van der Waals surface area (Å²) in [6.07, 6.45) is 3.10. The van der Waals surface area contributed by atoms with Crippen molar-refractivity contribution in [2.75, 3.05) is 5.73 Å². The van der Waals surface area contributed by atoms with Crippen molar-refractivity contribution in [3.8, 4) is 28.7 Å². The van der Waals surface area contributed by atoms with Gasteiger partial charge in [0.1, 0.15) is 11.6 Å². The van der Waals surface area contributed by atoms with Crippen LogP contribution >= 0.6 is 0 Å². The predicted molar refractivity (Wildman–Crippen MR) is 118 cm³/mol. The quantitative estimate of drug-likeness (QED) is 0.461. The fraction of sp³-hybridized carbons (Fsp3) is 0.130. The van der Waals surface area contributed by atoms with Gasteiger partial charge >= 0.3 is 0 Å². The van der Waals surface area contributed by atoms with Gasteiger partial charge in [-0.1, -0.05) is 24.3 Å². The van der Waals surface area contributed by atoms with Gasteiger partial charge in [0.15, 0.2) is 23.5 Å². The third-order valence-electron chi connectivity index (χ3n) is 5.32. The maximum absolute atomic E-state index is 9.66. The first-order chi connectivity index (χ1) is 15.6. The van der Waals surface area contributed by atoms with Crippen molar-refractivity contribution in [3.63, 3.8) is 0 Å². The number of benzene rings is 1. The highest BCUT2D eigenvalue weighted by atomic mass is 16.3. The van der Waals surface area contributed by atoms with Crippen molar-refractivity contribution >= 4 is 16.9 Å². The summed E-state index contributed by atoms with van der Waals surface area (Å²) < 4.78 is 5.72. The Morgan fingerprint density at radius 1 is 1.06 bits per heavy atom. The molecule has 0 saturated carbocycles. The van der Waals surface area contributed by atoms with E-state index in [0.29, 0.717) is 44.9 Å². The number of hydrogen-bond acceptors (Lipinski definition) is 8. The van der Waals surface area contributed by atoms with Gasteiger partial charge in [-0.3, -0.25) is 4.98 Å². The summed E-state index contributed by atoms with van der Waals surface area (Å²) in [7, 11) is 0. The highest BCUT2D eigenvalue weighted by Crippen LogP contribution is 2.39. The lowest BCUT2D eigenvalue weighted by Crippen LogP contribution is -2.11. The molecule has 0 spiro atoms. The van der Waals surface area contributed by atoms with E-state index in [4.69, 9.17) is 15.2 Å². The largest absolute Gasteiger partial charge is 0.443 e. The smallest absolute Gasteiger partial charge is 0.181 e. The zero-order chi connectivity index (χ0) is 22.2. The number of aryl methyl sites for hydroxylation is 1. The molecule has 9 heteroatoms. The molecular formula is C23H18N8O. The Bertz CT molecular complexity index is 1480. The maximum atomic E-state index is 9.66. The second kappa shape index (κ2) is 7.59.